The van der Waals surface area contributed by atoms with Crippen molar-refractivity contribution in [2.24, 2.45) is 0 Å². The largest absolute Gasteiger partial charge is 0.389 e. The molecule has 1 fully saturated rings. The maximum atomic E-state index is 9.69. The molecule has 1 rings (SSSR count). The Balaban J connectivity index is 2.51. The molecule has 2 atom stereocenters. The number of halogens is 1. The highest BCUT2D eigenvalue weighted by molar-refractivity contribution is 6.13. The van der Waals surface area contributed by atoms with E-state index in [-0.39, 0.29) is 6.04 Å². The molecule has 0 aromatic rings. The Hall–Kier alpha value is 0.210. The lowest BCUT2D eigenvalue weighted by atomic mass is 9.82. The van der Waals surface area contributed by atoms with Gasteiger partial charge in [0.15, 0.2) is 0 Å². The van der Waals surface area contributed by atoms with Crippen molar-refractivity contribution >= 4 is 11.8 Å². The summed E-state index contributed by atoms with van der Waals surface area (Å²) in [6.07, 6.45) is 4.12. The van der Waals surface area contributed by atoms with Crippen LogP contribution in [0.15, 0.2) is 0 Å². The number of hydrogen-bond acceptors (Lipinski definition) is 2. The molecule has 0 radical (unpaired) electrons. The van der Waals surface area contributed by atoms with E-state index in [0.29, 0.717) is 0 Å². The first-order valence-electron chi connectivity index (χ1n) is 3.75. The van der Waals surface area contributed by atoms with Gasteiger partial charge in [0.05, 0.1) is 11.6 Å². The summed E-state index contributed by atoms with van der Waals surface area (Å²) in [6, 6.07) is 0.0721. The van der Waals surface area contributed by atoms with Crippen LogP contribution in [-0.2, 0) is 0 Å². The second-order valence-corrected chi connectivity index (χ2v) is 3.48. The molecule has 0 saturated heterocycles. The molecule has 1 aliphatic rings. The summed E-state index contributed by atoms with van der Waals surface area (Å²) >= 11 is 5.45. The Kier molecular flexibility index (Phi) is 2.55. The van der Waals surface area contributed by atoms with Gasteiger partial charge in [-0.3, -0.25) is 0 Å². The van der Waals surface area contributed by atoms with Crippen LogP contribution in [0.5, 0.6) is 0 Å². The molecule has 0 unspecified atom stereocenters. The quantitative estimate of drug-likeness (QED) is 0.574. The van der Waals surface area contributed by atoms with Crippen molar-refractivity contribution < 1.29 is 5.11 Å². The smallest absolute Gasteiger partial charge is 0.0784 e. The van der Waals surface area contributed by atoms with Crippen molar-refractivity contribution in [1.82, 2.24) is 4.84 Å². The first-order chi connectivity index (χ1) is 4.67. The van der Waals surface area contributed by atoms with Gasteiger partial charge in [0, 0.05) is 0 Å². The third-order valence-electron chi connectivity index (χ3n) is 2.31. The molecule has 3 heteroatoms. The van der Waals surface area contributed by atoms with Gasteiger partial charge in [-0.15, -0.1) is 0 Å². The van der Waals surface area contributed by atoms with Crippen LogP contribution in [0, 0.1) is 0 Å². The normalized spacial score (nSPS) is 41.7. The van der Waals surface area contributed by atoms with Crippen molar-refractivity contribution in [1.29, 1.82) is 0 Å². The highest BCUT2D eigenvalue weighted by atomic mass is 35.5. The maximum absolute atomic E-state index is 9.69. The standard InChI is InChI=1S/C7H14ClNO/c1-7(10)5-3-2-4-6(7)9-8/h6,9-10H,2-5H2,1H3/t6-,7-/m1/s1. The summed E-state index contributed by atoms with van der Waals surface area (Å²) < 4.78 is 0. The average Bonchev–Trinajstić information content (AvgIpc) is 1.87. The number of aliphatic hydroxyl groups is 1. The van der Waals surface area contributed by atoms with Crippen LogP contribution < -0.4 is 4.84 Å². The highest BCUT2D eigenvalue weighted by Gasteiger charge is 2.33. The first-order valence-corrected chi connectivity index (χ1v) is 4.13. The summed E-state index contributed by atoms with van der Waals surface area (Å²) in [5.74, 6) is 0. The zero-order valence-corrected chi connectivity index (χ0v) is 6.99. The van der Waals surface area contributed by atoms with Gasteiger partial charge >= 0.3 is 0 Å². The molecule has 0 amide bonds. The average molecular weight is 164 g/mol. The molecule has 0 heterocycles. The van der Waals surface area contributed by atoms with Gasteiger partial charge in [-0.2, -0.15) is 0 Å². The molecule has 2 nitrogen and oxygen atoms in total. The highest BCUT2D eigenvalue weighted by Crippen LogP contribution is 2.27. The Morgan fingerprint density at radius 2 is 2.30 bits per heavy atom. The molecule has 1 saturated carbocycles. The van der Waals surface area contributed by atoms with E-state index in [9.17, 15) is 5.11 Å². The molecule has 0 aromatic carbocycles. The van der Waals surface area contributed by atoms with E-state index in [1.807, 2.05) is 6.92 Å². The first kappa shape index (κ1) is 8.31. The molecule has 2 N–H and O–H groups in total. The zero-order valence-electron chi connectivity index (χ0n) is 6.23. The van der Waals surface area contributed by atoms with E-state index in [0.717, 1.165) is 19.3 Å². The van der Waals surface area contributed by atoms with Crippen LogP contribution in [-0.4, -0.2) is 16.7 Å². The maximum Gasteiger partial charge on any atom is 0.0784 e. The molecule has 1 aliphatic carbocycles. The molecule has 60 valence electrons. The van der Waals surface area contributed by atoms with Gasteiger partial charge in [-0.1, -0.05) is 12.8 Å². The zero-order chi connectivity index (χ0) is 7.61. The fourth-order valence-corrected chi connectivity index (χ4v) is 1.83. The molecule has 10 heavy (non-hydrogen) atoms. The topological polar surface area (TPSA) is 32.3 Å². The minimum absolute atomic E-state index is 0.0721. The van der Waals surface area contributed by atoms with Crippen LogP contribution in [0.3, 0.4) is 0 Å². The third-order valence-corrected chi connectivity index (χ3v) is 2.57. The van der Waals surface area contributed by atoms with E-state index in [2.05, 4.69) is 4.84 Å². The van der Waals surface area contributed by atoms with Gasteiger partial charge in [0.1, 0.15) is 0 Å². The second kappa shape index (κ2) is 3.07. The predicted molar refractivity (Wildman–Crippen MR) is 41.9 cm³/mol. The number of rotatable bonds is 1. The minimum atomic E-state index is -0.597. The second-order valence-electron chi connectivity index (χ2n) is 3.26. The molecule has 0 spiro atoms. The van der Waals surface area contributed by atoms with E-state index in [1.54, 1.807) is 0 Å². The summed E-state index contributed by atoms with van der Waals surface area (Å²) in [6.45, 7) is 1.84. The summed E-state index contributed by atoms with van der Waals surface area (Å²) in [5.41, 5.74) is -0.597. The van der Waals surface area contributed by atoms with E-state index < -0.39 is 5.60 Å². The molecular weight excluding hydrogens is 150 g/mol. The molecule has 0 aromatic heterocycles. The van der Waals surface area contributed by atoms with E-state index in [4.69, 9.17) is 11.8 Å². The Morgan fingerprint density at radius 3 is 2.70 bits per heavy atom. The van der Waals surface area contributed by atoms with Crippen molar-refractivity contribution in [2.45, 2.75) is 44.2 Å². The van der Waals surface area contributed by atoms with E-state index in [1.165, 1.54) is 6.42 Å². The monoisotopic (exact) mass is 163 g/mol. The Morgan fingerprint density at radius 1 is 1.60 bits per heavy atom. The van der Waals surface area contributed by atoms with Crippen molar-refractivity contribution in [3.63, 3.8) is 0 Å². The lowest BCUT2D eigenvalue weighted by Crippen LogP contribution is -2.47. The van der Waals surface area contributed by atoms with E-state index >= 15 is 0 Å². The Bertz CT molecular complexity index is 116. The third kappa shape index (κ3) is 1.62. The minimum Gasteiger partial charge on any atom is -0.389 e. The van der Waals surface area contributed by atoms with Crippen molar-refractivity contribution in [3.05, 3.63) is 0 Å². The van der Waals surface area contributed by atoms with Crippen molar-refractivity contribution in [3.8, 4) is 0 Å². The molecule has 0 aliphatic heterocycles. The lowest BCUT2D eigenvalue weighted by molar-refractivity contribution is -0.00197. The van der Waals surface area contributed by atoms with Gasteiger partial charge in [0.25, 0.3) is 0 Å². The number of nitrogens with one attached hydrogen (secondary N) is 1. The predicted octanol–water partition coefficient (Wildman–Crippen LogP) is 1.42. The van der Waals surface area contributed by atoms with Crippen LogP contribution in [0.2, 0.25) is 0 Å². The van der Waals surface area contributed by atoms with Gasteiger partial charge in [-0.25, -0.2) is 4.84 Å². The van der Waals surface area contributed by atoms with Gasteiger partial charge in [-0.05, 0) is 31.5 Å². The van der Waals surface area contributed by atoms with Crippen LogP contribution in [0.4, 0.5) is 0 Å². The van der Waals surface area contributed by atoms with Gasteiger partial charge in [0.2, 0.25) is 0 Å². The fourth-order valence-electron chi connectivity index (χ4n) is 1.49. The number of hydrogen-bond donors (Lipinski definition) is 2. The summed E-state index contributed by atoms with van der Waals surface area (Å²) in [7, 11) is 0. The van der Waals surface area contributed by atoms with Crippen LogP contribution >= 0.6 is 11.8 Å². The molecular formula is C7H14ClNO. The van der Waals surface area contributed by atoms with Crippen molar-refractivity contribution in [2.75, 3.05) is 0 Å². The SMILES string of the molecule is C[C@@]1(O)CCCC[C@H]1NCl. The summed E-state index contributed by atoms with van der Waals surface area (Å²) in [4.78, 5) is 2.62. The summed E-state index contributed by atoms with van der Waals surface area (Å²) in [5, 5.41) is 9.69. The lowest BCUT2D eigenvalue weighted by Gasteiger charge is -2.35. The van der Waals surface area contributed by atoms with Crippen LogP contribution in [0.25, 0.3) is 0 Å². The van der Waals surface area contributed by atoms with Gasteiger partial charge < -0.3 is 5.11 Å². The Labute approximate surface area is 66.7 Å². The molecule has 0 bridgehead atoms. The fraction of sp³-hybridized carbons (Fsp3) is 1.00. The van der Waals surface area contributed by atoms with Crippen LogP contribution in [0.1, 0.15) is 32.6 Å².